The fourth-order valence-corrected chi connectivity index (χ4v) is 7.81. The van der Waals surface area contributed by atoms with Crippen molar-refractivity contribution in [2.75, 3.05) is 71.0 Å². The number of piperidine rings is 2. The van der Waals surface area contributed by atoms with Gasteiger partial charge in [-0.1, -0.05) is 42.5 Å². The molecule has 3 atom stereocenters. The van der Waals surface area contributed by atoms with Gasteiger partial charge in [-0.15, -0.1) is 0 Å². The van der Waals surface area contributed by atoms with Gasteiger partial charge in [0.1, 0.15) is 19.0 Å². The zero-order valence-corrected chi connectivity index (χ0v) is 31.0. The molecule has 296 valence electrons. The van der Waals surface area contributed by atoms with E-state index in [1.165, 1.54) is 17.7 Å². The second-order valence-electron chi connectivity index (χ2n) is 14.2. The summed E-state index contributed by atoms with van der Waals surface area (Å²) in [5.74, 6) is 0.860. The van der Waals surface area contributed by atoms with Crippen LogP contribution in [-0.2, 0) is 19.1 Å². The van der Waals surface area contributed by atoms with Gasteiger partial charge in [-0.05, 0) is 64.8 Å². The topological polar surface area (TPSA) is 204 Å². The Morgan fingerprint density at radius 1 is 0.929 bits per heavy atom. The van der Waals surface area contributed by atoms with Gasteiger partial charge in [0.2, 0.25) is 17.3 Å². The Morgan fingerprint density at radius 2 is 1.71 bits per heavy atom. The summed E-state index contributed by atoms with van der Waals surface area (Å²) >= 11 is 0. The molecule has 3 saturated heterocycles. The van der Waals surface area contributed by atoms with Crippen LogP contribution in [0.5, 0.6) is 5.75 Å². The summed E-state index contributed by atoms with van der Waals surface area (Å²) in [5.41, 5.74) is 3.02. The highest BCUT2D eigenvalue weighted by atomic mass is 16.6. The normalized spacial score (nSPS) is 19.2. The molecule has 4 amide bonds. The van der Waals surface area contributed by atoms with Gasteiger partial charge >= 0.3 is 11.7 Å². The van der Waals surface area contributed by atoms with Crippen molar-refractivity contribution in [3.63, 3.8) is 0 Å². The molecule has 56 heavy (non-hydrogen) atoms. The van der Waals surface area contributed by atoms with E-state index in [-0.39, 0.29) is 72.3 Å². The monoisotopic (exact) mass is 770 g/mol. The Hall–Kier alpha value is -5.81. The Labute approximate surface area is 323 Å². The van der Waals surface area contributed by atoms with E-state index in [4.69, 9.17) is 14.2 Å². The average molecular weight is 771 g/mol. The van der Waals surface area contributed by atoms with Crippen LogP contribution in [0.1, 0.15) is 42.7 Å². The van der Waals surface area contributed by atoms with Crippen molar-refractivity contribution in [2.45, 2.75) is 43.7 Å². The quantitative estimate of drug-likeness (QED) is 0.0900. The molecule has 0 spiro atoms. The molecule has 1 aromatic heterocycles. The Kier molecular flexibility index (Phi) is 12.5. The maximum Gasteiger partial charge on any atom is 0.320 e. The van der Waals surface area contributed by atoms with E-state index in [1.807, 2.05) is 28.0 Å². The Balaban J connectivity index is 0.839. The second-order valence-corrected chi connectivity index (χ2v) is 14.2. The first-order valence-corrected chi connectivity index (χ1v) is 19.0. The number of hydrogen-bond acceptors (Lipinski definition) is 12. The fraction of sp³-hybridized carbons (Fsp3) is 0.462. The summed E-state index contributed by atoms with van der Waals surface area (Å²) in [7, 11) is 0. The molecule has 3 fully saturated rings. The number of nitro groups is 1. The molecule has 17 nitrogen and oxygen atoms in total. The largest absolute Gasteiger partial charge is 0.492 e. The summed E-state index contributed by atoms with van der Waals surface area (Å²) in [4.78, 5) is 52.3. The molecule has 7 rings (SSSR count). The number of nitrogens with one attached hydrogen (secondary N) is 3. The zero-order chi connectivity index (χ0) is 38.9. The van der Waals surface area contributed by atoms with Crippen LogP contribution in [0.15, 0.2) is 71.4 Å². The van der Waals surface area contributed by atoms with E-state index in [0.29, 0.717) is 70.5 Å². The van der Waals surface area contributed by atoms with Crippen LogP contribution in [0.2, 0.25) is 0 Å². The lowest BCUT2D eigenvalue weighted by molar-refractivity contribution is -0.383. The lowest BCUT2D eigenvalue weighted by atomic mass is 9.76. The van der Waals surface area contributed by atoms with Crippen LogP contribution in [0.4, 0.5) is 16.2 Å². The molecule has 0 aliphatic carbocycles. The van der Waals surface area contributed by atoms with Crippen LogP contribution in [-0.4, -0.2) is 121 Å². The number of carbonyl (C=O) groups excluding carboxylic acids is 3. The molecule has 3 aliphatic rings. The van der Waals surface area contributed by atoms with E-state index in [9.17, 15) is 24.5 Å². The third-order valence-corrected chi connectivity index (χ3v) is 10.6. The SMILES string of the molecule is O=C(CCOCCNc1ccc([N+](=O)[O-])c2nonc12)NCCOc1cccc(C(c2ccccc2)C2CCN(C(=O)N3CC[C@@H]4OCC(=O)N[C@@H]4C3)CC2)c1. The molecule has 4 aromatic rings. The lowest BCUT2D eigenvalue weighted by Gasteiger charge is -2.44. The zero-order valence-electron chi connectivity index (χ0n) is 31.0. The number of urea groups is 1. The number of anilines is 1. The van der Waals surface area contributed by atoms with Crippen molar-refractivity contribution >= 4 is 40.3 Å². The summed E-state index contributed by atoms with van der Waals surface area (Å²) < 4.78 is 22.0. The molecule has 3 aromatic carbocycles. The minimum atomic E-state index is -0.544. The third kappa shape index (κ3) is 9.34. The minimum Gasteiger partial charge on any atom is -0.492 e. The predicted octanol–water partition coefficient (Wildman–Crippen LogP) is 3.70. The third-order valence-electron chi connectivity index (χ3n) is 10.6. The molecular formula is C39H46N8O9. The summed E-state index contributed by atoms with van der Waals surface area (Å²) in [6.45, 7) is 4.02. The first-order valence-electron chi connectivity index (χ1n) is 19.0. The van der Waals surface area contributed by atoms with Crippen LogP contribution >= 0.6 is 0 Å². The van der Waals surface area contributed by atoms with Crippen LogP contribution in [0.25, 0.3) is 11.0 Å². The number of carbonyl (C=O) groups is 3. The highest BCUT2D eigenvalue weighted by Gasteiger charge is 2.39. The smallest absolute Gasteiger partial charge is 0.320 e. The van der Waals surface area contributed by atoms with Crippen molar-refractivity contribution < 1.29 is 38.1 Å². The van der Waals surface area contributed by atoms with E-state index in [1.54, 1.807) is 0 Å². The van der Waals surface area contributed by atoms with Crippen LogP contribution in [0.3, 0.4) is 0 Å². The number of aromatic nitrogens is 2. The van der Waals surface area contributed by atoms with E-state index in [2.05, 4.69) is 67.3 Å². The van der Waals surface area contributed by atoms with Gasteiger partial charge in [0, 0.05) is 51.1 Å². The Morgan fingerprint density at radius 3 is 2.54 bits per heavy atom. The van der Waals surface area contributed by atoms with Gasteiger partial charge in [0.15, 0.2) is 5.52 Å². The first-order chi connectivity index (χ1) is 27.3. The molecule has 0 bridgehead atoms. The summed E-state index contributed by atoms with van der Waals surface area (Å²) in [6.07, 6.45) is 2.56. The first kappa shape index (κ1) is 38.5. The van der Waals surface area contributed by atoms with Gasteiger partial charge in [-0.25, -0.2) is 9.42 Å². The summed E-state index contributed by atoms with van der Waals surface area (Å²) in [6, 6.07) is 21.3. The van der Waals surface area contributed by atoms with Gasteiger partial charge in [-0.2, -0.15) is 0 Å². The number of amides is 4. The number of likely N-dealkylation sites (tertiary alicyclic amines) is 2. The van der Waals surface area contributed by atoms with Crippen LogP contribution < -0.4 is 20.7 Å². The molecule has 0 radical (unpaired) electrons. The second kappa shape index (κ2) is 18.2. The Bertz CT molecular complexity index is 1990. The van der Waals surface area contributed by atoms with Gasteiger partial charge < -0.3 is 40.0 Å². The van der Waals surface area contributed by atoms with Crippen molar-refractivity contribution in [1.29, 1.82) is 0 Å². The molecular weight excluding hydrogens is 724 g/mol. The number of hydrogen-bond donors (Lipinski definition) is 3. The van der Waals surface area contributed by atoms with Crippen molar-refractivity contribution in [2.24, 2.45) is 5.92 Å². The molecule has 0 saturated carbocycles. The fourth-order valence-electron chi connectivity index (χ4n) is 7.81. The van der Waals surface area contributed by atoms with Gasteiger partial charge in [0.05, 0.1) is 42.5 Å². The number of nitrogens with zero attached hydrogens (tertiary/aromatic N) is 5. The van der Waals surface area contributed by atoms with Gasteiger partial charge in [-0.3, -0.25) is 19.7 Å². The number of benzene rings is 3. The summed E-state index contributed by atoms with van der Waals surface area (Å²) in [5, 5.41) is 27.5. The predicted molar refractivity (Wildman–Crippen MR) is 203 cm³/mol. The van der Waals surface area contributed by atoms with Crippen molar-refractivity contribution in [1.82, 2.24) is 30.7 Å². The number of morpholine rings is 1. The van der Waals surface area contributed by atoms with E-state index >= 15 is 0 Å². The molecule has 1 unspecified atom stereocenters. The van der Waals surface area contributed by atoms with E-state index < -0.39 is 4.92 Å². The standard InChI is InChI=1S/C39H46N8O9/c48-34(14-20-53-21-15-40-30-9-10-32(47(51)52)38-37(30)43-56-44-38)41-16-22-54-29-8-4-7-28(23-29)36(26-5-2-1-3-6-26)27-11-17-45(18-12-27)39(50)46-19-13-33-31(24-46)42-35(49)25-55-33/h1-10,23,27,31,33,36,40H,11-22,24-25H2,(H,41,48)(H,42,49)/t31-,33+,36?/m1/s1. The molecule has 3 aliphatic heterocycles. The number of ether oxygens (including phenoxy) is 3. The van der Waals surface area contributed by atoms with Crippen molar-refractivity contribution in [3.05, 3.63) is 88.0 Å². The number of fused-ring (bicyclic) bond motifs is 2. The molecule has 17 heteroatoms. The molecule has 3 N–H and O–H groups in total. The highest BCUT2D eigenvalue weighted by molar-refractivity contribution is 5.93. The maximum absolute atomic E-state index is 13.5. The molecule has 4 heterocycles. The number of rotatable bonds is 15. The van der Waals surface area contributed by atoms with E-state index in [0.717, 1.165) is 24.2 Å². The minimum absolute atomic E-state index is 0.0231. The lowest BCUT2D eigenvalue weighted by Crippen LogP contribution is -2.62. The number of non-ortho nitro benzene ring substituents is 1. The number of nitro benzene ring substituents is 1. The van der Waals surface area contributed by atoms with Crippen LogP contribution in [0, 0.1) is 16.0 Å². The van der Waals surface area contributed by atoms with Gasteiger partial charge in [0.25, 0.3) is 0 Å². The highest BCUT2D eigenvalue weighted by Crippen LogP contribution is 2.39. The van der Waals surface area contributed by atoms with Crippen molar-refractivity contribution in [3.8, 4) is 5.75 Å². The maximum atomic E-state index is 13.5. The average Bonchev–Trinajstić information content (AvgIpc) is 3.72.